The number of benzene rings is 1. The summed E-state index contributed by atoms with van der Waals surface area (Å²) in [5.74, 6) is -1.09. The topological polar surface area (TPSA) is 9.23 Å². The van der Waals surface area contributed by atoms with E-state index in [1.165, 1.54) is 12.1 Å². The van der Waals surface area contributed by atoms with Crippen LogP contribution in [0.25, 0.3) is 0 Å². The molecule has 0 aromatic heterocycles. The van der Waals surface area contributed by atoms with Crippen molar-refractivity contribution in [2.24, 2.45) is 5.92 Å². The van der Waals surface area contributed by atoms with E-state index >= 15 is 0 Å². The van der Waals surface area contributed by atoms with Gasteiger partial charge in [-0.15, -0.1) is 0 Å². The second-order valence-electron chi connectivity index (χ2n) is 3.45. The van der Waals surface area contributed by atoms with E-state index in [0.717, 1.165) is 12.8 Å². The number of ether oxygens (including phenoxy) is 1. The SMILES string of the molecule is Fc1cc(Br)cc(F)c1OCC1CC1. The summed E-state index contributed by atoms with van der Waals surface area (Å²) in [7, 11) is 0. The molecule has 0 radical (unpaired) electrons. The molecule has 0 saturated heterocycles. The minimum atomic E-state index is -0.655. The molecule has 1 fully saturated rings. The van der Waals surface area contributed by atoms with Gasteiger partial charge in [-0.1, -0.05) is 15.9 Å². The predicted octanol–water partition coefficient (Wildman–Crippen LogP) is 3.52. The molecule has 0 N–H and O–H groups in total. The first-order valence-corrected chi connectivity index (χ1v) is 5.23. The average Bonchev–Trinajstić information content (AvgIpc) is 2.85. The van der Waals surface area contributed by atoms with E-state index in [1.807, 2.05) is 0 Å². The molecule has 76 valence electrons. The van der Waals surface area contributed by atoms with Crippen molar-refractivity contribution in [2.45, 2.75) is 12.8 Å². The van der Waals surface area contributed by atoms with Crippen LogP contribution in [0.5, 0.6) is 5.75 Å². The van der Waals surface area contributed by atoms with E-state index in [1.54, 1.807) is 0 Å². The third-order valence-corrected chi connectivity index (χ3v) is 2.58. The smallest absolute Gasteiger partial charge is 0.190 e. The van der Waals surface area contributed by atoms with Crippen LogP contribution >= 0.6 is 15.9 Å². The van der Waals surface area contributed by atoms with Gasteiger partial charge in [-0.05, 0) is 30.9 Å². The molecule has 0 spiro atoms. The fraction of sp³-hybridized carbons (Fsp3) is 0.400. The van der Waals surface area contributed by atoms with Crippen molar-refractivity contribution >= 4 is 15.9 Å². The van der Waals surface area contributed by atoms with Crippen LogP contribution in [0.4, 0.5) is 8.78 Å². The number of halogens is 3. The van der Waals surface area contributed by atoms with E-state index < -0.39 is 11.6 Å². The maximum atomic E-state index is 13.2. The fourth-order valence-electron chi connectivity index (χ4n) is 1.15. The van der Waals surface area contributed by atoms with Crippen molar-refractivity contribution < 1.29 is 13.5 Å². The highest BCUT2D eigenvalue weighted by Gasteiger charge is 2.23. The molecule has 0 heterocycles. The number of hydrogen-bond acceptors (Lipinski definition) is 1. The van der Waals surface area contributed by atoms with Crippen molar-refractivity contribution in [3.63, 3.8) is 0 Å². The van der Waals surface area contributed by atoms with Crippen LogP contribution in [0.1, 0.15) is 12.8 Å². The molecule has 14 heavy (non-hydrogen) atoms. The Bertz CT molecular complexity index is 327. The lowest BCUT2D eigenvalue weighted by molar-refractivity contribution is 0.270. The van der Waals surface area contributed by atoms with Crippen LogP contribution in [0.2, 0.25) is 0 Å². The summed E-state index contributed by atoms with van der Waals surface area (Å²) in [4.78, 5) is 0. The van der Waals surface area contributed by atoms with Gasteiger partial charge in [-0.3, -0.25) is 0 Å². The van der Waals surface area contributed by atoms with Crippen LogP contribution < -0.4 is 4.74 Å². The molecule has 1 aliphatic carbocycles. The third-order valence-electron chi connectivity index (χ3n) is 2.12. The Morgan fingerprint density at radius 1 is 1.29 bits per heavy atom. The molecule has 1 aromatic carbocycles. The summed E-state index contributed by atoms with van der Waals surface area (Å²) in [6.45, 7) is 0.412. The summed E-state index contributed by atoms with van der Waals surface area (Å²) in [5.41, 5.74) is 0. The van der Waals surface area contributed by atoms with E-state index in [2.05, 4.69) is 15.9 Å². The van der Waals surface area contributed by atoms with Crippen molar-refractivity contribution in [2.75, 3.05) is 6.61 Å². The highest BCUT2D eigenvalue weighted by atomic mass is 79.9. The van der Waals surface area contributed by atoms with Gasteiger partial charge in [0.15, 0.2) is 17.4 Å². The zero-order chi connectivity index (χ0) is 10.1. The molecule has 1 nitrogen and oxygen atoms in total. The van der Waals surface area contributed by atoms with Gasteiger partial charge in [0.25, 0.3) is 0 Å². The fourth-order valence-corrected chi connectivity index (χ4v) is 1.55. The molecule has 0 unspecified atom stereocenters. The first-order chi connectivity index (χ1) is 6.66. The Hall–Kier alpha value is -0.640. The number of hydrogen-bond donors (Lipinski definition) is 0. The molecule has 0 atom stereocenters. The van der Waals surface area contributed by atoms with Crippen LogP contribution in [0, 0.1) is 17.6 Å². The molecule has 0 bridgehead atoms. The normalized spacial score (nSPS) is 15.6. The van der Waals surface area contributed by atoms with E-state index in [0.29, 0.717) is 17.0 Å². The van der Waals surface area contributed by atoms with Crippen LogP contribution in [0.3, 0.4) is 0 Å². The molecular formula is C10H9BrF2O. The maximum Gasteiger partial charge on any atom is 0.190 e. The summed E-state index contributed by atoms with van der Waals surface area (Å²) < 4.78 is 31.8. The van der Waals surface area contributed by atoms with Crippen LogP contribution in [0.15, 0.2) is 16.6 Å². The van der Waals surface area contributed by atoms with Gasteiger partial charge in [-0.2, -0.15) is 0 Å². The molecule has 4 heteroatoms. The molecule has 0 amide bonds. The summed E-state index contributed by atoms with van der Waals surface area (Å²) in [6, 6.07) is 2.40. The third kappa shape index (κ3) is 2.23. The van der Waals surface area contributed by atoms with Crippen molar-refractivity contribution in [3.8, 4) is 5.75 Å². The van der Waals surface area contributed by atoms with Gasteiger partial charge in [0, 0.05) is 4.47 Å². The Kier molecular flexibility index (Phi) is 2.72. The van der Waals surface area contributed by atoms with Crippen molar-refractivity contribution in [1.82, 2.24) is 0 Å². The Morgan fingerprint density at radius 2 is 1.86 bits per heavy atom. The van der Waals surface area contributed by atoms with E-state index in [-0.39, 0.29) is 5.75 Å². The highest BCUT2D eigenvalue weighted by molar-refractivity contribution is 9.10. The van der Waals surface area contributed by atoms with Crippen LogP contribution in [-0.4, -0.2) is 6.61 Å². The quantitative estimate of drug-likeness (QED) is 0.810. The van der Waals surface area contributed by atoms with Gasteiger partial charge >= 0.3 is 0 Å². The van der Waals surface area contributed by atoms with Gasteiger partial charge in [-0.25, -0.2) is 8.78 Å². The summed E-state index contributed by atoms with van der Waals surface area (Å²) >= 11 is 3.00. The molecule has 2 rings (SSSR count). The maximum absolute atomic E-state index is 13.2. The Balaban J connectivity index is 2.13. The molecule has 1 saturated carbocycles. The molecule has 1 aromatic rings. The largest absolute Gasteiger partial charge is 0.487 e. The monoisotopic (exact) mass is 262 g/mol. The Morgan fingerprint density at radius 3 is 2.36 bits per heavy atom. The minimum absolute atomic E-state index is 0.264. The molecule has 0 aliphatic heterocycles. The summed E-state index contributed by atoms with van der Waals surface area (Å²) in [5, 5.41) is 0. The van der Waals surface area contributed by atoms with Gasteiger partial charge in [0.1, 0.15) is 0 Å². The first-order valence-electron chi connectivity index (χ1n) is 4.44. The summed E-state index contributed by atoms with van der Waals surface area (Å²) in [6.07, 6.45) is 2.19. The van der Waals surface area contributed by atoms with Crippen LogP contribution in [-0.2, 0) is 0 Å². The Labute approximate surface area is 89.2 Å². The van der Waals surface area contributed by atoms with Crippen molar-refractivity contribution in [3.05, 3.63) is 28.2 Å². The lowest BCUT2D eigenvalue weighted by atomic mass is 10.3. The van der Waals surface area contributed by atoms with E-state index in [9.17, 15) is 8.78 Å². The van der Waals surface area contributed by atoms with Gasteiger partial charge in [0.2, 0.25) is 0 Å². The minimum Gasteiger partial charge on any atom is -0.487 e. The predicted molar refractivity (Wildman–Crippen MR) is 52.3 cm³/mol. The second-order valence-corrected chi connectivity index (χ2v) is 4.37. The zero-order valence-electron chi connectivity index (χ0n) is 7.40. The standard InChI is InChI=1S/C10H9BrF2O/c11-7-3-8(12)10(9(13)4-7)14-5-6-1-2-6/h3-4,6H,1-2,5H2. The first kappa shape index (κ1) is 9.90. The van der Waals surface area contributed by atoms with E-state index in [4.69, 9.17) is 4.74 Å². The zero-order valence-corrected chi connectivity index (χ0v) is 8.98. The molecule has 1 aliphatic rings. The lowest BCUT2D eigenvalue weighted by Crippen LogP contribution is -2.02. The second kappa shape index (κ2) is 3.85. The molecular weight excluding hydrogens is 254 g/mol. The number of rotatable bonds is 3. The average molecular weight is 263 g/mol. The highest BCUT2D eigenvalue weighted by Crippen LogP contribution is 2.31. The van der Waals surface area contributed by atoms with Crippen molar-refractivity contribution in [1.29, 1.82) is 0 Å². The van der Waals surface area contributed by atoms with Gasteiger partial charge in [0.05, 0.1) is 6.61 Å². The van der Waals surface area contributed by atoms with Gasteiger partial charge < -0.3 is 4.74 Å². The lowest BCUT2D eigenvalue weighted by Gasteiger charge is -2.07.